The van der Waals surface area contributed by atoms with E-state index < -0.39 is 10.0 Å². The molecule has 2 aromatic rings. The van der Waals surface area contributed by atoms with Crippen LogP contribution in [0.15, 0.2) is 53.4 Å². The van der Waals surface area contributed by atoms with Crippen LogP contribution in [-0.4, -0.2) is 8.42 Å². The number of nitrogens with one attached hydrogen (secondary N) is 1. The lowest BCUT2D eigenvalue weighted by molar-refractivity contribution is 0.581. The van der Waals surface area contributed by atoms with Gasteiger partial charge in [0.05, 0.1) is 4.90 Å². The Morgan fingerprint density at radius 2 is 1.75 bits per heavy atom. The van der Waals surface area contributed by atoms with Gasteiger partial charge in [-0.15, -0.1) is 0 Å². The molecule has 0 amide bonds. The van der Waals surface area contributed by atoms with Crippen molar-refractivity contribution in [1.82, 2.24) is 4.72 Å². The molecule has 0 unspecified atom stereocenters. The van der Waals surface area contributed by atoms with Gasteiger partial charge in [0, 0.05) is 10.1 Å². The summed E-state index contributed by atoms with van der Waals surface area (Å²) in [5.41, 5.74) is 2.08. The zero-order chi connectivity index (χ0) is 14.6. The van der Waals surface area contributed by atoms with E-state index in [9.17, 15) is 8.42 Å². The van der Waals surface area contributed by atoms with Crippen molar-refractivity contribution in [3.63, 3.8) is 0 Å². The van der Waals surface area contributed by atoms with E-state index in [1.165, 1.54) is 0 Å². The van der Waals surface area contributed by atoms with Crippen LogP contribution in [0.5, 0.6) is 0 Å². The van der Waals surface area contributed by atoms with E-state index in [0.717, 1.165) is 21.1 Å². The molecule has 2 rings (SSSR count). The summed E-state index contributed by atoms with van der Waals surface area (Å²) in [4.78, 5) is 0.306. The first-order valence-corrected chi connectivity index (χ1v) is 8.90. The first-order valence-electron chi connectivity index (χ1n) is 6.34. The van der Waals surface area contributed by atoms with Crippen LogP contribution in [-0.2, 0) is 23.0 Å². The Balaban J connectivity index is 2.10. The van der Waals surface area contributed by atoms with Gasteiger partial charge < -0.3 is 0 Å². The van der Waals surface area contributed by atoms with Crippen molar-refractivity contribution >= 4 is 32.6 Å². The zero-order valence-corrected chi connectivity index (χ0v) is 14.1. The summed E-state index contributed by atoms with van der Waals surface area (Å²) in [6.07, 6.45) is 0.899. The predicted octanol–water partition coefficient (Wildman–Crippen LogP) is 3.33. The molecule has 0 bridgehead atoms. The Morgan fingerprint density at radius 3 is 2.35 bits per heavy atom. The minimum Gasteiger partial charge on any atom is -0.207 e. The third-order valence-electron chi connectivity index (χ3n) is 3.00. The van der Waals surface area contributed by atoms with Crippen molar-refractivity contribution in [2.45, 2.75) is 24.8 Å². The highest BCUT2D eigenvalue weighted by molar-refractivity contribution is 14.1. The summed E-state index contributed by atoms with van der Waals surface area (Å²) in [5.74, 6) is 0. The number of hydrogen-bond acceptors (Lipinski definition) is 2. The van der Waals surface area contributed by atoms with E-state index in [4.69, 9.17) is 0 Å². The Morgan fingerprint density at radius 1 is 1.05 bits per heavy atom. The Kier molecular flexibility index (Phi) is 5.17. The largest absolute Gasteiger partial charge is 0.240 e. The lowest BCUT2D eigenvalue weighted by Crippen LogP contribution is -2.23. The molecular formula is C15H16INO2S. The van der Waals surface area contributed by atoms with Gasteiger partial charge in [-0.3, -0.25) is 0 Å². The highest BCUT2D eigenvalue weighted by atomic mass is 127. The Labute approximate surface area is 133 Å². The minimum absolute atomic E-state index is 0.300. The molecule has 0 aliphatic carbocycles. The zero-order valence-electron chi connectivity index (χ0n) is 11.1. The second kappa shape index (κ2) is 6.69. The standard InChI is InChI=1S/C15H16INO2S/c1-2-12-6-8-15(9-7-12)20(18,19)17-11-13-4-3-5-14(16)10-13/h3-10,17H,2,11H2,1H3. The minimum atomic E-state index is -3.45. The third kappa shape index (κ3) is 4.04. The molecule has 0 fully saturated rings. The van der Waals surface area contributed by atoms with Gasteiger partial charge in [-0.05, 0) is 64.4 Å². The molecule has 0 aliphatic heterocycles. The molecular weight excluding hydrogens is 385 g/mol. The molecule has 0 aliphatic rings. The van der Waals surface area contributed by atoms with Crippen molar-refractivity contribution in [3.05, 3.63) is 63.2 Å². The highest BCUT2D eigenvalue weighted by Gasteiger charge is 2.13. The first kappa shape index (κ1) is 15.5. The van der Waals surface area contributed by atoms with Crippen molar-refractivity contribution in [1.29, 1.82) is 0 Å². The summed E-state index contributed by atoms with van der Waals surface area (Å²) < 4.78 is 28.1. The number of aryl methyl sites for hydroxylation is 1. The molecule has 5 heteroatoms. The van der Waals surface area contributed by atoms with Crippen LogP contribution < -0.4 is 4.72 Å². The van der Waals surface area contributed by atoms with Crippen LogP contribution in [0.25, 0.3) is 0 Å². The van der Waals surface area contributed by atoms with Crippen LogP contribution in [0.4, 0.5) is 0 Å². The van der Waals surface area contributed by atoms with Gasteiger partial charge in [0.1, 0.15) is 0 Å². The summed E-state index contributed by atoms with van der Waals surface area (Å²) in [7, 11) is -3.45. The molecule has 106 valence electrons. The van der Waals surface area contributed by atoms with Crippen molar-refractivity contribution in [3.8, 4) is 0 Å². The van der Waals surface area contributed by atoms with Crippen LogP contribution in [0.2, 0.25) is 0 Å². The lowest BCUT2D eigenvalue weighted by atomic mass is 10.2. The maximum atomic E-state index is 12.2. The van der Waals surface area contributed by atoms with Gasteiger partial charge in [0.15, 0.2) is 0 Å². The van der Waals surface area contributed by atoms with Crippen LogP contribution in [0.1, 0.15) is 18.1 Å². The van der Waals surface area contributed by atoms with E-state index in [-0.39, 0.29) is 0 Å². The fourth-order valence-corrected chi connectivity index (χ4v) is 3.44. The molecule has 0 saturated carbocycles. The molecule has 0 atom stereocenters. The molecule has 0 aromatic heterocycles. The van der Waals surface area contributed by atoms with Crippen LogP contribution >= 0.6 is 22.6 Å². The molecule has 20 heavy (non-hydrogen) atoms. The van der Waals surface area contributed by atoms with Crippen molar-refractivity contribution in [2.75, 3.05) is 0 Å². The average molecular weight is 401 g/mol. The number of sulfonamides is 1. The molecule has 2 aromatic carbocycles. The van der Waals surface area contributed by atoms with Crippen molar-refractivity contribution < 1.29 is 8.42 Å². The molecule has 0 radical (unpaired) electrons. The normalized spacial score (nSPS) is 11.5. The molecule has 3 nitrogen and oxygen atoms in total. The first-order chi connectivity index (χ1) is 9.51. The number of hydrogen-bond donors (Lipinski definition) is 1. The Bertz CT molecular complexity index is 681. The molecule has 0 spiro atoms. The fraction of sp³-hybridized carbons (Fsp3) is 0.200. The molecule has 0 saturated heterocycles. The topological polar surface area (TPSA) is 46.2 Å². The fourth-order valence-electron chi connectivity index (χ4n) is 1.81. The second-order valence-corrected chi connectivity index (χ2v) is 7.46. The van der Waals surface area contributed by atoms with Gasteiger partial charge in [0.25, 0.3) is 0 Å². The van der Waals surface area contributed by atoms with Gasteiger partial charge in [-0.2, -0.15) is 0 Å². The quantitative estimate of drug-likeness (QED) is 0.782. The SMILES string of the molecule is CCc1ccc(S(=O)(=O)NCc2cccc(I)c2)cc1. The number of rotatable bonds is 5. The third-order valence-corrected chi connectivity index (χ3v) is 5.09. The summed E-state index contributed by atoms with van der Waals surface area (Å²) >= 11 is 2.21. The molecule has 0 heterocycles. The van der Waals surface area contributed by atoms with Gasteiger partial charge >= 0.3 is 0 Å². The smallest absolute Gasteiger partial charge is 0.207 e. The summed E-state index contributed by atoms with van der Waals surface area (Å²) in [6.45, 7) is 2.34. The van der Waals surface area contributed by atoms with E-state index >= 15 is 0 Å². The van der Waals surface area contributed by atoms with E-state index in [1.807, 2.05) is 43.3 Å². The van der Waals surface area contributed by atoms with Gasteiger partial charge in [0.2, 0.25) is 10.0 Å². The number of benzene rings is 2. The average Bonchev–Trinajstić information content (AvgIpc) is 2.45. The van der Waals surface area contributed by atoms with Gasteiger partial charge in [-0.25, -0.2) is 13.1 Å². The van der Waals surface area contributed by atoms with Crippen LogP contribution in [0, 0.1) is 3.57 Å². The van der Waals surface area contributed by atoms with E-state index in [2.05, 4.69) is 27.3 Å². The predicted molar refractivity (Wildman–Crippen MR) is 89.0 cm³/mol. The monoisotopic (exact) mass is 401 g/mol. The highest BCUT2D eigenvalue weighted by Crippen LogP contribution is 2.12. The number of halogens is 1. The second-order valence-electron chi connectivity index (χ2n) is 4.45. The van der Waals surface area contributed by atoms with E-state index in [0.29, 0.717) is 11.4 Å². The van der Waals surface area contributed by atoms with Crippen LogP contribution in [0.3, 0.4) is 0 Å². The summed E-state index contributed by atoms with van der Waals surface area (Å²) in [5, 5.41) is 0. The maximum absolute atomic E-state index is 12.2. The Hall–Kier alpha value is -0.920. The lowest BCUT2D eigenvalue weighted by Gasteiger charge is -2.08. The van der Waals surface area contributed by atoms with Gasteiger partial charge in [-0.1, -0.05) is 31.2 Å². The maximum Gasteiger partial charge on any atom is 0.240 e. The molecule has 1 N–H and O–H groups in total. The van der Waals surface area contributed by atoms with Crippen molar-refractivity contribution in [2.24, 2.45) is 0 Å². The van der Waals surface area contributed by atoms with E-state index in [1.54, 1.807) is 12.1 Å². The summed E-state index contributed by atoms with van der Waals surface area (Å²) in [6, 6.07) is 14.8.